The molecule has 1 atom stereocenters. The molecule has 0 spiro atoms. The number of hydrogen-bond donors (Lipinski definition) is 2. The second-order valence-corrected chi connectivity index (χ2v) is 7.10. The minimum atomic E-state index is -1.04. The van der Waals surface area contributed by atoms with Gasteiger partial charge in [0.15, 0.2) is 0 Å². The van der Waals surface area contributed by atoms with Crippen LogP contribution in [-0.4, -0.2) is 36.1 Å². The van der Waals surface area contributed by atoms with Crippen molar-refractivity contribution in [3.05, 3.63) is 89.5 Å². The van der Waals surface area contributed by atoms with Crippen molar-refractivity contribution in [2.45, 2.75) is 6.04 Å². The number of phenolic OH excluding ortho intramolecular Hbond substituents is 1. The molecule has 1 amide bonds. The average molecular weight is 431 g/mol. The van der Waals surface area contributed by atoms with Crippen molar-refractivity contribution in [3.8, 4) is 17.2 Å². The molecule has 0 bridgehead atoms. The van der Waals surface area contributed by atoms with Crippen molar-refractivity contribution < 1.29 is 29.3 Å². The highest BCUT2D eigenvalue weighted by Crippen LogP contribution is 2.47. The van der Waals surface area contributed by atoms with Crippen molar-refractivity contribution in [1.82, 2.24) is 0 Å². The van der Waals surface area contributed by atoms with E-state index in [9.17, 15) is 19.8 Å². The molecule has 7 nitrogen and oxygen atoms in total. The van der Waals surface area contributed by atoms with Crippen LogP contribution >= 0.6 is 0 Å². The van der Waals surface area contributed by atoms with Gasteiger partial charge in [-0.05, 0) is 30.3 Å². The number of Topliss-reactive ketones (excluding diaryl/α,β-unsaturated/α-hetero) is 1. The third-order valence-corrected chi connectivity index (χ3v) is 5.38. The topological polar surface area (TPSA) is 96.3 Å². The smallest absolute Gasteiger partial charge is 0.300 e. The first-order valence-corrected chi connectivity index (χ1v) is 9.85. The van der Waals surface area contributed by atoms with Gasteiger partial charge in [-0.2, -0.15) is 0 Å². The van der Waals surface area contributed by atoms with Crippen LogP contribution in [0.4, 0.5) is 5.69 Å². The number of aliphatic hydroxyl groups is 1. The zero-order valence-electron chi connectivity index (χ0n) is 17.5. The Morgan fingerprint density at radius 3 is 2.12 bits per heavy atom. The molecule has 1 fully saturated rings. The minimum absolute atomic E-state index is 0.132. The fraction of sp³-hybridized carbons (Fsp3) is 0.120. The molecule has 0 radical (unpaired) electrons. The van der Waals surface area contributed by atoms with E-state index >= 15 is 0 Å². The summed E-state index contributed by atoms with van der Waals surface area (Å²) in [5.41, 5.74) is 0.760. The van der Waals surface area contributed by atoms with Crippen molar-refractivity contribution >= 4 is 23.1 Å². The van der Waals surface area contributed by atoms with Gasteiger partial charge in [0.2, 0.25) is 0 Å². The van der Waals surface area contributed by atoms with E-state index in [1.807, 2.05) is 0 Å². The van der Waals surface area contributed by atoms with Crippen LogP contribution < -0.4 is 14.4 Å². The number of phenols is 1. The number of amides is 1. The Labute approximate surface area is 184 Å². The van der Waals surface area contributed by atoms with E-state index in [-0.39, 0.29) is 28.3 Å². The first-order chi connectivity index (χ1) is 15.5. The van der Waals surface area contributed by atoms with Crippen LogP contribution in [-0.2, 0) is 9.59 Å². The predicted octanol–water partition coefficient (Wildman–Crippen LogP) is 4.04. The van der Waals surface area contributed by atoms with Crippen LogP contribution in [0, 0.1) is 0 Å². The first-order valence-electron chi connectivity index (χ1n) is 9.85. The lowest BCUT2D eigenvalue weighted by atomic mass is 9.94. The van der Waals surface area contributed by atoms with Gasteiger partial charge in [0.1, 0.15) is 23.0 Å². The molecule has 1 aliphatic rings. The molecule has 162 valence electrons. The fourth-order valence-electron chi connectivity index (χ4n) is 3.92. The number of methoxy groups -OCH3 is 2. The average Bonchev–Trinajstić information content (AvgIpc) is 3.09. The number of anilines is 1. The van der Waals surface area contributed by atoms with E-state index in [2.05, 4.69) is 0 Å². The molecule has 0 saturated carbocycles. The molecule has 3 aromatic rings. The lowest BCUT2D eigenvalue weighted by Crippen LogP contribution is -2.29. The largest absolute Gasteiger partial charge is 0.507 e. The maximum absolute atomic E-state index is 13.2. The fourth-order valence-corrected chi connectivity index (χ4v) is 3.92. The van der Waals surface area contributed by atoms with E-state index in [0.717, 1.165) is 0 Å². The van der Waals surface area contributed by atoms with Crippen molar-refractivity contribution in [2.24, 2.45) is 0 Å². The quantitative estimate of drug-likeness (QED) is 0.360. The van der Waals surface area contributed by atoms with Gasteiger partial charge in [0.05, 0.1) is 37.1 Å². The van der Waals surface area contributed by atoms with Crippen LogP contribution in [0.15, 0.2) is 78.4 Å². The molecule has 1 heterocycles. The summed E-state index contributed by atoms with van der Waals surface area (Å²) in [5.74, 6) is -1.55. The minimum Gasteiger partial charge on any atom is -0.507 e. The number of ketones is 1. The Balaban J connectivity index is 2.03. The monoisotopic (exact) mass is 431 g/mol. The molecule has 1 unspecified atom stereocenters. The number of benzene rings is 3. The maximum Gasteiger partial charge on any atom is 0.300 e. The summed E-state index contributed by atoms with van der Waals surface area (Å²) in [6.07, 6.45) is 0. The number of carbonyl (C=O) groups is 2. The number of rotatable bonds is 5. The second kappa shape index (κ2) is 8.47. The van der Waals surface area contributed by atoms with Gasteiger partial charge in [-0.1, -0.05) is 42.5 Å². The van der Waals surface area contributed by atoms with Gasteiger partial charge < -0.3 is 19.7 Å². The van der Waals surface area contributed by atoms with E-state index in [0.29, 0.717) is 17.1 Å². The lowest BCUT2D eigenvalue weighted by molar-refractivity contribution is -0.132. The van der Waals surface area contributed by atoms with E-state index in [1.54, 1.807) is 60.7 Å². The van der Waals surface area contributed by atoms with Crippen molar-refractivity contribution in [1.29, 1.82) is 0 Å². The molecule has 7 heteroatoms. The molecular weight excluding hydrogens is 410 g/mol. The van der Waals surface area contributed by atoms with Crippen LogP contribution in [0.25, 0.3) is 5.76 Å². The number of aromatic hydroxyl groups is 1. The predicted molar refractivity (Wildman–Crippen MR) is 119 cm³/mol. The van der Waals surface area contributed by atoms with Gasteiger partial charge >= 0.3 is 0 Å². The Morgan fingerprint density at radius 2 is 1.44 bits per heavy atom. The van der Waals surface area contributed by atoms with Crippen LogP contribution in [0.1, 0.15) is 17.2 Å². The maximum atomic E-state index is 13.2. The van der Waals surface area contributed by atoms with Gasteiger partial charge in [-0.25, -0.2) is 0 Å². The van der Waals surface area contributed by atoms with Crippen LogP contribution in [0.3, 0.4) is 0 Å². The molecule has 3 aromatic carbocycles. The van der Waals surface area contributed by atoms with Crippen LogP contribution in [0.2, 0.25) is 0 Å². The van der Waals surface area contributed by atoms with E-state index < -0.39 is 17.7 Å². The Bertz CT molecular complexity index is 1230. The Morgan fingerprint density at radius 1 is 0.844 bits per heavy atom. The summed E-state index contributed by atoms with van der Waals surface area (Å²) in [7, 11) is 2.93. The third-order valence-electron chi connectivity index (χ3n) is 5.38. The Hall–Kier alpha value is -4.26. The molecular formula is C25H21NO6. The van der Waals surface area contributed by atoms with E-state index in [4.69, 9.17) is 9.47 Å². The summed E-state index contributed by atoms with van der Waals surface area (Å²) < 4.78 is 10.8. The Kier molecular flexibility index (Phi) is 5.55. The second-order valence-electron chi connectivity index (χ2n) is 7.10. The van der Waals surface area contributed by atoms with Crippen LogP contribution in [0.5, 0.6) is 17.2 Å². The number of carbonyl (C=O) groups excluding carboxylic acids is 2. The molecule has 1 saturated heterocycles. The summed E-state index contributed by atoms with van der Waals surface area (Å²) in [5, 5.41) is 21.7. The molecule has 0 aliphatic carbocycles. The summed E-state index contributed by atoms with van der Waals surface area (Å²) in [6, 6.07) is 18.7. The van der Waals surface area contributed by atoms with Crippen molar-refractivity contribution in [3.63, 3.8) is 0 Å². The number of para-hydroxylation sites is 4. The van der Waals surface area contributed by atoms with Gasteiger partial charge in [0.25, 0.3) is 11.7 Å². The first kappa shape index (κ1) is 21.0. The molecule has 0 aromatic heterocycles. The van der Waals surface area contributed by atoms with Gasteiger partial charge in [-0.15, -0.1) is 0 Å². The van der Waals surface area contributed by atoms with Crippen molar-refractivity contribution in [2.75, 3.05) is 19.1 Å². The number of aliphatic hydroxyl groups excluding tert-OH is 1. The summed E-state index contributed by atoms with van der Waals surface area (Å²) in [4.78, 5) is 27.6. The number of ether oxygens (including phenoxy) is 2. The third kappa shape index (κ3) is 3.33. The molecule has 4 rings (SSSR count). The summed E-state index contributed by atoms with van der Waals surface area (Å²) in [6.45, 7) is 0. The standard InChI is InChI=1S/C25H21NO6/c1-31-19-13-7-3-9-15(19)22-21(23(28)16-10-4-8-14-20(16)32-2)24(29)25(30)26(22)17-11-5-6-12-18(17)27/h3-14,22,27-28H,1-2H3/b23-21+. The highest BCUT2D eigenvalue weighted by atomic mass is 16.5. The highest BCUT2D eigenvalue weighted by Gasteiger charge is 2.48. The van der Waals surface area contributed by atoms with E-state index in [1.165, 1.54) is 31.3 Å². The number of hydrogen-bond acceptors (Lipinski definition) is 6. The zero-order valence-corrected chi connectivity index (χ0v) is 17.5. The highest BCUT2D eigenvalue weighted by molar-refractivity contribution is 6.52. The molecule has 2 N–H and O–H groups in total. The lowest BCUT2D eigenvalue weighted by Gasteiger charge is -2.27. The zero-order chi connectivity index (χ0) is 22.8. The summed E-state index contributed by atoms with van der Waals surface area (Å²) >= 11 is 0. The SMILES string of the molecule is COc1ccccc1/C(O)=C1\C(=O)C(=O)N(c2ccccc2O)C1c1ccccc1OC. The van der Waals surface area contributed by atoms with Gasteiger partial charge in [-0.3, -0.25) is 14.5 Å². The van der Waals surface area contributed by atoms with Gasteiger partial charge in [0, 0.05) is 5.56 Å². The normalized spacial score (nSPS) is 17.4. The number of nitrogens with zero attached hydrogens (tertiary/aromatic N) is 1. The molecule has 1 aliphatic heterocycles. The molecule has 32 heavy (non-hydrogen) atoms.